The highest BCUT2D eigenvalue weighted by atomic mass is 16.5. The first kappa shape index (κ1) is 13.2. The molecule has 0 aliphatic heterocycles. The summed E-state index contributed by atoms with van der Waals surface area (Å²) >= 11 is 0. The summed E-state index contributed by atoms with van der Waals surface area (Å²) in [5.41, 5.74) is 4.97. The first-order chi connectivity index (χ1) is 8.60. The molecule has 0 radical (unpaired) electrons. The lowest BCUT2D eigenvalue weighted by Crippen LogP contribution is -2.12. The summed E-state index contributed by atoms with van der Waals surface area (Å²) < 4.78 is 4.66. The quantitative estimate of drug-likeness (QED) is 0.378. The smallest absolute Gasteiger partial charge is 0.350 e. The Kier molecular flexibility index (Phi) is 4.45. The molecule has 4 N–H and O–H groups in total. The van der Waals surface area contributed by atoms with Crippen molar-refractivity contribution in [2.45, 2.75) is 6.92 Å². The molecule has 1 aromatic rings. The zero-order valence-corrected chi connectivity index (χ0v) is 9.56. The summed E-state index contributed by atoms with van der Waals surface area (Å²) in [6, 6.07) is 1.67. The standard InChI is InChI=1S/C10H11N5O3/c1-2-18-10(17)6(3-11)4-13-9-7(8(12)16)5-14-15-9/h4-5H,2H2,1H3,(H2,12,16)(H2,13,14,15)/b6-4-. The molecule has 0 saturated heterocycles. The van der Waals surface area contributed by atoms with Gasteiger partial charge in [-0.15, -0.1) is 0 Å². The molecule has 0 aliphatic carbocycles. The number of carbonyl (C=O) groups excluding carboxylic acids is 2. The Hall–Kier alpha value is -2.82. The Morgan fingerprint density at radius 2 is 2.44 bits per heavy atom. The number of nitriles is 1. The van der Waals surface area contributed by atoms with Gasteiger partial charge >= 0.3 is 5.97 Å². The third kappa shape index (κ3) is 3.08. The van der Waals surface area contributed by atoms with Crippen LogP contribution in [0.4, 0.5) is 5.82 Å². The molecule has 8 heteroatoms. The predicted octanol–water partition coefficient (Wildman–Crippen LogP) is -0.109. The van der Waals surface area contributed by atoms with Gasteiger partial charge in [0.1, 0.15) is 17.5 Å². The van der Waals surface area contributed by atoms with Crippen LogP contribution in [0.5, 0.6) is 0 Å². The van der Waals surface area contributed by atoms with Crippen LogP contribution in [0.15, 0.2) is 18.0 Å². The molecule has 18 heavy (non-hydrogen) atoms. The van der Waals surface area contributed by atoms with Crippen LogP contribution in [-0.4, -0.2) is 28.7 Å². The molecule has 94 valence electrons. The third-order valence-electron chi connectivity index (χ3n) is 1.88. The van der Waals surface area contributed by atoms with Gasteiger partial charge in [0.15, 0.2) is 5.57 Å². The van der Waals surface area contributed by atoms with Crippen LogP contribution >= 0.6 is 0 Å². The number of H-pyrrole nitrogens is 1. The van der Waals surface area contributed by atoms with Gasteiger partial charge in [-0.25, -0.2) is 4.79 Å². The number of nitrogens with one attached hydrogen (secondary N) is 2. The van der Waals surface area contributed by atoms with E-state index in [9.17, 15) is 9.59 Å². The highest BCUT2D eigenvalue weighted by Crippen LogP contribution is 2.10. The fraction of sp³-hybridized carbons (Fsp3) is 0.200. The minimum absolute atomic E-state index is 0.118. The molecular weight excluding hydrogens is 238 g/mol. The maximum absolute atomic E-state index is 11.3. The Bertz CT molecular complexity index is 526. The number of aromatic nitrogens is 2. The Labute approximate surface area is 102 Å². The summed E-state index contributed by atoms with van der Waals surface area (Å²) in [6.45, 7) is 1.79. The highest BCUT2D eigenvalue weighted by molar-refractivity contribution is 5.98. The Morgan fingerprint density at radius 1 is 1.72 bits per heavy atom. The second kappa shape index (κ2) is 6.05. The third-order valence-corrected chi connectivity index (χ3v) is 1.88. The minimum atomic E-state index is -0.757. The number of amides is 1. The molecule has 0 aliphatic rings. The number of nitrogens with zero attached hydrogens (tertiary/aromatic N) is 2. The molecule has 1 amide bonds. The molecular formula is C10H11N5O3. The van der Waals surface area contributed by atoms with Crippen molar-refractivity contribution >= 4 is 17.7 Å². The molecule has 0 fully saturated rings. The number of rotatable bonds is 5. The number of esters is 1. The van der Waals surface area contributed by atoms with Gasteiger partial charge in [-0.2, -0.15) is 10.4 Å². The van der Waals surface area contributed by atoms with Crippen LogP contribution in [0, 0.1) is 11.3 Å². The van der Waals surface area contributed by atoms with Gasteiger partial charge in [0.05, 0.1) is 12.8 Å². The summed E-state index contributed by atoms with van der Waals surface area (Å²) in [7, 11) is 0. The van der Waals surface area contributed by atoms with E-state index in [-0.39, 0.29) is 23.6 Å². The maximum atomic E-state index is 11.3. The molecule has 0 saturated carbocycles. The van der Waals surface area contributed by atoms with E-state index < -0.39 is 11.9 Å². The van der Waals surface area contributed by atoms with Crippen molar-refractivity contribution in [3.63, 3.8) is 0 Å². The van der Waals surface area contributed by atoms with Gasteiger partial charge in [-0.1, -0.05) is 0 Å². The SMILES string of the molecule is CCOC(=O)/C(C#N)=C\Nc1[nH]ncc1C(N)=O. The topological polar surface area (TPSA) is 134 Å². The van der Waals surface area contributed by atoms with E-state index in [0.717, 1.165) is 6.20 Å². The molecule has 1 heterocycles. The Balaban J connectivity index is 2.84. The zero-order chi connectivity index (χ0) is 13.5. The fourth-order valence-electron chi connectivity index (χ4n) is 1.07. The van der Waals surface area contributed by atoms with Gasteiger partial charge in [-0.3, -0.25) is 9.89 Å². The van der Waals surface area contributed by atoms with Gasteiger partial charge in [0.25, 0.3) is 5.91 Å². The maximum Gasteiger partial charge on any atom is 0.350 e. The van der Waals surface area contributed by atoms with Crippen molar-refractivity contribution < 1.29 is 14.3 Å². The first-order valence-electron chi connectivity index (χ1n) is 4.97. The number of primary amides is 1. The number of anilines is 1. The number of aromatic amines is 1. The number of carbonyl (C=O) groups is 2. The molecule has 0 spiro atoms. The summed E-state index contributed by atoms with van der Waals surface area (Å²) in [4.78, 5) is 22.3. The molecule has 0 atom stereocenters. The number of hydrogen-bond acceptors (Lipinski definition) is 6. The normalized spacial score (nSPS) is 10.6. The van der Waals surface area contributed by atoms with E-state index in [1.165, 1.54) is 6.20 Å². The van der Waals surface area contributed by atoms with Crippen LogP contribution in [0.1, 0.15) is 17.3 Å². The van der Waals surface area contributed by atoms with Crippen molar-refractivity contribution in [2.75, 3.05) is 11.9 Å². The van der Waals surface area contributed by atoms with E-state index in [0.29, 0.717) is 0 Å². The van der Waals surface area contributed by atoms with Crippen molar-refractivity contribution in [3.05, 3.63) is 23.5 Å². The minimum Gasteiger partial charge on any atom is -0.462 e. The fourth-order valence-corrected chi connectivity index (χ4v) is 1.07. The van der Waals surface area contributed by atoms with E-state index in [2.05, 4.69) is 20.3 Å². The lowest BCUT2D eigenvalue weighted by Gasteiger charge is -2.01. The predicted molar refractivity (Wildman–Crippen MR) is 61.1 cm³/mol. The monoisotopic (exact) mass is 249 g/mol. The summed E-state index contributed by atoms with van der Waals surface area (Å²) in [5.74, 6) is -1.25. The van der Waals surface area contributed by atoms with Gasteiger partial charge < -0.3 is 15.8 Å². The summed E-state index contributed by atoms with van der Waals surface area (Å²) in [5, 5.41) is 17.4. The largest absolute Gasteiger partial charge is 0.462 e. The Morgan fingerprint density at radius 3 is 3.00 bits per heavy atom. The van der Waals surface area contributed by atoms with E-state index in [4.69, 9.17) is 11.0 Å². The van der Waals surface area contributed by atoms with Crippen LogP contribution in [0.25, 0.3) is 0 Å². The molecule has 0 bridgehead atoms. The lowest BCUT2D eigenvalue weighted by molar-refractivity contribution is -0.138. The molecule has 1 rings (SSSR count). The molecule has 1 aromatic heterocycles. The number of nitrogens with two attached hydrogens (primary N) is 1. The first-order valence-corrected chi connectivity index (χ1v) is 4.97. The van der Waals surface area contributed by atoms with Crippen molar-refractivity contribution in [2.24, 2.45) is 5.73 Å². The second-order valence-electron chi connectivity index (χ2n) is 3.06. The second-order valence-corrected chi connectivity index (χ2v) is 3.06. The van der Waals surface area contributed by atoms with Crippen LogP contribution < -0.4 is 11.1 Å². The molecule has 8 nitrogen and oxygen atoms in total. The van der Waals surface area contributed by atoms with E-state index in [1.54, 1.807) is 13.0 Å². The van der Waals surface area contributed by atoms with Crippen molar-refractivity contribution in [1.29, 1.82) is 5.26 Å². The van der Waals surface area contributed by atoms with E-state index in [1.807, 2.05) is 0 Å². The number of hydrogen-bond donors (Lipinski definition) is 3. The van der Waals surface area contributed by atoms with Crippen molar-refractivity contribution in [1.82, 2.24) is 10.2 Å². The van der Waals surface area contributed by atoms with Gasteiger partial charge in [0.2, 0.25) is 0 Å². The van der Waals surface area contributed by atoms with Crippen molar-refractivity contribution in [3.8, 4) is 6.07 Å². The average molecular weight is 249 g/mol. The van der Waals surface area contributed by atoms with Crippen LogP contribution in [-0.2, 0) is 9.53 Å². The van der Waals surface area contributed by atoms with Gasteiger partial charge in [0, 0.05) is 6.20 Å². The highest BCUT2D eigenvalue weighted by Gasteiger charge is 2.12. The summed E-state index contributed by atoms with van der Waals surface area (Å²) in [6.07, 6.45) is 2.34. The van der Waals surface area contributed by atoms with Crippen LogP contribution in [0.2, 0.25) is 0 Å². The zero-order valence-electron chi connectivity index (χ0n) is 9.56. The van der Waals surface area contributed by atoms with Crippen LogP contribution in [0.3, 0.4) is 0 Å². The molecule has 0 aromatic carbocycles. The number of ether oxygens (including phenoxy) is 1. The lowest BCUT2D eigenvalue weighted by atomic mass is 10.3. The van der Waals surface area contributed by atoms with E-state index >= 15 is 0 Å². The molecule has 0 unspecified atom stereocenters. The van der Waals surface area contributed by atoms with Gasteiger partial charge in [-0.05, 0) is 6.92 Å². The average Bonchev–Trinajstić information content (AvgIpc) is 2.78.